The summed E-state index contributed by atoms with van der Waals surface area (Å²) in [5.74, 6) is 2.32. The zero-order valence-corrected chi connectivity index (χ0v) is 20.1. The number of hydrogen-bond donors (Lipinski definition) is 3. The second kappa shape index (κ2) is 12.8. The Bertz CT molecular complexity index is 823. The van der Waals surface area contributed by atoms with E-state index in [2.05, 4.69) is 30.3 Å². The number of thioether (sulfide) groups is 2. The minimum atomic E-state index is -0.380. The highest BCUT2D eigenvalue weighted by atomic mass is 32.2. The quantitative estimate of drug-likeness (QED) is 0.219. The van der Waals surface area contributed by atoms with Gasteiger partial charge in [0.25, 0.3) is 5.91 Å². The molecular weight excluding hydrogens is 450 g/mol. The lowest BCUT2D eigenvalue weighted by Crippen LogP contribution is -2.21. The van der Waals surface area contributed by atoms with Gasteiger partial charge in [-0.2, -0.15) is 23.5 Å². The van der Waals surface area contributed by atoms with E-state index < -0.39 is 0 Å². The zero-order valence-electron chi connectivity index (χ0n) is 17.6. The van der Waals surface area contributed by atoms with Gasteiger partial charge in [-0.15, -0.1) is 11.3 Å². The maximum atomic E-state index is 12.3. The minimum absolute atomic E-state index is 0.0561. The van der Waals surface area contributed by atoms with E-state index in [0.29, 0.717) is 18.1 Å². The van der Waals surface area contributed by atoms with Gasteiger partial charge in [0.1, 0.15) is 5.78 Å². The molecule has 1 aromatic heterocycles. The second-order valence-corrected chi connectivity index (χ2v) is 11.5. The molecule has 1 aliphatic rings. The van der Waals surface area contributed by atoms with Crippen molar-refractivity contribution >= 4 is 56.6 Å². The van der Waals surface area contributed by atoms with E-state index in [1.807, 2.05) is 0 Å². The van der Waals surface area contributed by atoms with E-state index in [1.54, 1.807) is 28.6 Å². The fraction of sp³-hybridized carbons (Fsp3) is 0.565. The third-order valence-electron chi connectivity index (χ3n) is 5.67. The molecule has 0 radical (unpaired) electrons. The molecule has 0 saturated heterocycles. The van der Waals surface area contributed by atoms with Crippen LogP contribution in [0.5, 0.6) is 0 Å². The Morgan fingerprint density at radius 1 is 1.26 bits per heavy atom. The summed E-state index contributed by atoms with van der Waals surface area (Å²) >= 11 is 5.03. The number of ketones is 1. The predicted octanol–water partition coefficient (Wildman–Crippen LogP) is 4.68. The summed E-state index contributed by atoms with van der Waals surface area (Å²) in [6, 6.07) is 10.6. The molecule has 2 aromatic rings. The summed E-state index contributed by atoms with van der Waals surface area (Å²) in [5.41, 5.74) is 1.63. The Morgan fingerprint density at radius 3 is 2.90 bits per heavy atom. The lowest BCUT2D eigenvalue weighted by Gasteiger charge is -2.19. The first-order chi connectivity index (χ1) is 15.1. The third-order valence-corrected chi connectivity index (χ3v) is 9.42. The number of rotatable bonds is 13. The van der Waals surface area contributed by atoms with Gasteiger partial charge in [0.15, 0.2) is 0 Å². The Balaban J connectivity index is 1.34. The molecule has 0 bridgehead atoms. The number of amides is 1. The first-order valence-electron chi connectivity index (χ1n) is 10.9. The van der Waals surface area contributed by atoms with Crippen molar-refractivity contribution in [1.29, 1.82) is 0 Å². The highest BCUT2D eigenvalue weighted by Gasteiger charge is 2.34. The molecule has 1 saturated carbocycles. The molecule has 1 amide bonds. The summed E-state index contributed by atoms with van der Waals surface area (Å²) in [6.45, 7) is 0. The molecule has 170 valence electrons. The van der Waals surface area contributed by atoms with Gasteiger partial charge in [-0.25, -0.2) is 5.48 Å². The fourth-order valence-electron chi connectivity index (χ4n) is 4.00. The monoisotopic (exact) mass is 481 g/mol. The van der Waals surface area contributed by atoms with E-state index in [-0.39, 0.29) is 23.0 Å². The number of nitrogens with one attached hydrogen (secondary N) is 1. The molecule has 1 aliphatic carbocycles. The van der Waals surface area contributed by atoms with Gasteiger partial charge in [0.2, 0.25) is 0 Å². The molecule has 3 N–H and O–H groups in total. The Labute approximate surface area is 196 Å². The molecule has 3 atom stereocenters. The van der Waals surface area contributed by atoms with Crippen molar-refractivity contribution in [3.8, 4) is 0 Å². The van der Waals surface area contributed by atoms with Gasteiger partial charge >= 0.3 is 0 Å². The number of hydrogen-bond acceptors (Lipinski definition) is 7. The normalized spacial score (nSPS) is 19.7. The van der Waals surface area contributed by atoms with Crippen molar-refractivity contribution < 1.29 is 19.9 Å². The largest absolute Gasteiger partial charge is 0.393 e. The van der Waals surface area contributed by atoms with Gasteiger partial charge in [0, 0.05) is 16.0 Å². The first-order valence-corrected chi connectivity index (χ1v) is 13.9. The van der Waals surface area contributed by atoms with E-state index in [1.165, 1.54) is 26.7 Å². The molecule has 1 unspecified atom stereocenters. The van der Waals surface area contributed by atoms with Crippen LogP contribution in [0.1, 0.15) is 43.4 Å². The first kappa shape index (κ1) is 24.6. The molecule has 5 nitrogen and oxygen atoms in total. The van der Waals surface area contributed by atoms with Crippen LogP contribution in [0, 0.1) is 5.92 Å². The van der Waals surface area contributed by atoms with Crippen molar-refractivity contribution in [2.24, 2.45) is 5.92 Å². The van der Waals surface area contributed by atoms with Gasteiger partial charge in [0.05, 0.1) is 17.1 Å². The minimum Gasteiger partial charge on any atom is -0.393 e. The molecule has 0 spiro atoms. The van der Waals surface area contributed by atoms with Gasteiger partial charge in [-0.3, -0.25) is 14.8 Å². The lowest BCUT2D eigenvalue weighted by atomic mass is 9.97. The summed E-state index contributed by atoms with van der Waals surface area (Å²) in [6.07, 6.45) is 5.53. The molecule has 1 heterocycles. The summed E-state index contributed by atoms with van der Waals surface area (Å²) in [4.78, 5) is 24.6. The number of carbonyl (C=O) groups is 2. The number of thiophene rings is 1. The van der Waals surface area contributed by atoms with Crippen molar-refractivity contribution in [3.63, 3.8) is 0 Å². The Morgan fingerprint density at radius 2 is 2.10 bits per heavy atom. The molecular formula is C23H31NO4S3. The molecule has 31 heavy (non-hydrogen) atoms. The highest BCUT2D eigenvalue weighted by Crippen LogP contribution is 2.36. The number of aliphatic hydroxyl groups is 1. The van der Waals surface area contributed by atoms with E-state index in [0.717, 1.165) is 50.0 Å². The van der Waals surface area contributed by atoms with E-state index in [9.17, 15) is 14.7 Å². The van der Waals surface area contributed by atoms with Gasteiger partial charge in [-0.1, -0.05) is 18.2 Å². The average Bonchev–Trinajstić information content (AvgIpc) is 3.35. The molecule has 8 heteroatoms. The number of carbonyl (C=O) groups excluding carboxylic acids is 2. The van der Waals surface area contributed by atoms with Crippen molar-refractivity contribution in [3.05, 3.63) is 35.2 Å². The SMILES string of the molecule is O=C(CSCCCS[C@H]1C(=O)CC[C@@H]1CCC(O)CCc1cc2ccccc2s1)NO. The van der Waals surface area contributed by atoms with Crippen LogP contribution in [0.3, 0.4) is 0 Å². The maximum Gasteiger partial charge on any atom is 0.253 e. The number of Topliss-reactive ketones (excluding diaryl/α,β-unsaturated/α-hetero) is 1. The zero-order chi connectivity index (χ0) is 22.1. The van der Waals surface area contributed by atoms with Crippen LogP contribution in [0.4, 0.5) is 0 Å². The van der Waals surface area contributed by atoms with Crippen LogP contribution < -0.4 is 5.48 Å². The number of benzene rings is 1. The standard InChI is InChI=1S/C23H31NO4S3/c25-18(9-10-19-14-17-4-1-2-5-21(17)31-19)8-6-16-7-11-20(26)23(16)30-13-3-12-29-15-22(27)24-28/h1-2,4-5,14,16,18,23,25,28H,3,6-13,15H2,(H,24,27)/t16-,18?,23+/m0/s1. The number of hydroxylamine groups is 1. The topological polar surface area (TPSA) is 86.6 Å². The number of aryl methyl sites for hydroxylation is 1. The van der Waals surface area contributed by atoms with E-state index >= 15 is 0 Å². The summed E-state index contributed by atoms with van der Waals surface area (Å²) in [7, 11) is 0. The molecule has 3 rings (SSSR count). The van der Waals surface area contributed by atoms with Gasteiger partial charge < -0.3 is 5.11 Å². The van der Waals surface area contributed by atoms with Crippen molar-refractivity contribution in [1.82, 2.24) is 5.48 Å². The molecule has 0 aliphatic heterocycles. The lowest BCUT2D eigenvalue weighted by molar-refractivity contribution is -0.126. The third kappa shape index (κ3) is 7.79. The smallest absolute Gasteiger partial charge is 0.253 e. The van der Waals surface area contributed by atoms with Crippen LogP contribution in [-0.4, -0.2) is 50.6 Å². The summed E-state index contributed by atoms with van der Waals surface area (Å²) < 4.78 is 1.30. The van der Waals surface area contributed by atoms with Gasteiger partial charge in [-0.05, 0) is 73.5 Å². The maximum absolute atomic E-state index is 12.3. The second-order valence-electron chi connectivity index (χ2n) is 8.02. The molecule has 1 fully saturated rings. The molecule has 1 aromatic carbocycles. The van der Waals surface area contributed by atoms with Crippen LogP contribution >= 0.6 is 34.9 Å². The average molecular weight is 482 g/mol. The Kier molecular flexibility index (Phi) is 10.2. The van der Waals surface area contributed by atoms with Crippen LogP contribution in [0.25, 0.3) is 10.1 Å². The highest BCUT2D eigenvalue weighted by molar-refractivity contribution is 8.01. The van der Waals surface area contributed by atoms with Crippen LogP contribution in [0.15, 0.2) is 30.3 Å². The fourth-order valence-corrected chi connectivity index (χ4v) is 7.42. The van der Waals surface area contributed by atoms with Crippen molar-refractivity contribution in [2.45, 2.75) is 56.3 Å². The van der Waals surface area contributed by atoms with Crippen LogP contribution in [0.2, 0.25) is 0 Å². The predicted molar refractivity (Wildman–Crippen MR) is 131 cm³/mol. The number of fused-ring (bicyclic) bond motifs is 1. The number of aliphatic hydroxyl groups excluding tert-OH is 1. The van der Waals surface area contributed by atoms with E-state index in [4.69, 9.17) is 5.21 Å². The van der Waals surface area contributed by atoms with Crippen molar-refractivity contribution in [2.75, 3.05) is 17.3 Å². The summed E-state index contributed by atoms with van der Waals surface area (Å²) in [5, 5.41) is 20.3. The van der Waals surface area contributed by atoms with Crippen LogP contribution in [-0.2, 0) is 16.0 Å². The Hall–Kier alpha value is -1.06.